The minimum atomic E-state index is 0.531. The molecule has 102 valence electrons. The molecule has 6 heteroatoms. The highest BCUT2D eigenvalue weighted by Gasteiger charge is 2.12. The van der Waals surface area contributed by atoms with Crippen molar-refractivity contribution in [3.63, 3.8) is 0 Å². The van der Waals surface area contributed by atoms with Crippen LogP contribution in [0.3, 0.4) is 0 Å². The zero-order valence-corrected chi connectivity index (χ0v) is 12.9. The van der Waals surface area contributed by atoms with Gasteiger partial charge in [-0.2, -0.15) is 4.98 Å². The standard InChI is InChI=1S/C14H12BrN3OS/c15-12-5-4-11(20-12)13-17-14(19-18-13)10-3-1-2-9(8-10)6-7-16/h1-5,8H,6-7,16H2. The summed E-state index contributed by atoms with van der Waals surface area (Å²) >= 11 is 5.00. The van der Waals surface area contributed by atoms with Crippen molar-refractivity contribution in [3.05, 3.63) is 45.7 Å². The summed E-state index contributed by atoms with van der Waals surface area (Å²) in [6, 6.07) is 12.0. The van der Waals surface area contributed by atoms with E-state index < -0.39 is 0 Å². The van der Waals surface area contributed by atoms with Gasteiger partial charge in [0, 0.05) is 5.56 Å². The Morgan fingerprint density at radius 2 is 2.15 bits per heavy atom. The molecule has 1 aromatic carbocycles. The fourth-order valence-corrected chi connectivity index (χ4v) is 3.21. The topological polar surface area (TPSA) is 64.9 Å². The Kier molecular flexibility index (Phi) is 3.95. The normalized spacial score (nSPS) is 10.9. The van der Waals surface area contributed by atoms with Crippen LogP contribution in [0.2, 0.25) is 0 Å². The Bertz CT molecular complexity index is 723. The lowest BCUT2D eigenvalue weighted by molar-refractivity contribution is 0.432. The molecule has 20 heavy (non-hydrogen) atoms. The molecule has 0 aliphatic heterocycles. The number of rotatable bonds is 4. The maximum Gasteiger partial charge on any atom is 0.258 e. The highest BCUT2D eigenvalue weighted by Crippen LogP contribution is 2.30. The van der Waals surface area contributed by atoms with Crippen LogP contribution in [0.25, 0.3) is 22.2 Å². The minimum absolute atomic E-state index is 0.531. The highest BCUT2D eigenvalue weighted by molar-refractivity contribution is 9.11. The highest BCUT2D eigenvalue weighted by atomic mass is 79.9. The van der Waals surface area contributed by atoms with Crippen LogP contribution < -0.4 is 5.73 Å². The first kappa shape index (κ1) is 13.5. The first-order chi connectivity index (χ1) is 9.76. The van der Waals surface area contributed by atoms with Crippen LogP contribution in [0.1, 0.15) is 5.56 Å². The number of nitrogens with zero attached hydrogens (tertiary/aromatic N) is 2. The molecular formula is C14H12BrN3OS. The average Bonchev–Trinajstić information content (AvgIpc) is 3.08. The van der Waals surface area contributed by atoms with Crippen LogP contribution in [-0.2, 0) is 6.42 Å². The number of benzene rings is 1. The molecule has 0 radical (unpaired) electrons. The van der Waals surface area contributed by atoms with Gasteiger partial charge in [-0.1, -0.05) is 17.3 Å². The largest absolute Gasteiger partial charge is 0.334 e. The molecule has 0 unspecified atom stereocenters. The van der Waals surface area contributed by atoms with E-state index in [-0.39, 0.29) is 0 Å². The summed E-state index contributed by atoms with van der Waals surface area (Å²) in [5, 5.41) is 4.03. The van der Waals surface area contributed by atoms with Crippen molar-refractivity contribution in [1.29, 1.82) is 0 Å². The number of nitrogens with two attached hydrogens (primary N) is 1. The minimum Gasteiger partial charge on any atom is -0.334 e. The number of thiophene rings is 1. The molecule has 2 aromatic heterocycles. The second kappa shape index (κ2) is 5.87. The quantitative estimate of drug-likeness (QED) is 0.779. The fraction of sp³-hybridized carbons (Fsp3) is 0.143. The average molecular weight is 350 g/mol. The molecule has 4 nitrogen and oxygen atoms in total. The molecule has 0 amide bonds. The van der Waals surface area contributed by atoms with Gasteiger partial charge in [0.2, 0.25) is 5.82 Å². The Hall–Kier alpha value is -1.50. The van der Waals surface area contributed by atoms with Gasteiger partial charge in [-0.05, 0) is 58.7 Å². The van der Waals surface area contributed by atoms with Crippen LogP contribution in [0.4, 0.5) is 0 Å². The molecule has 0 atom stereocenters. The van der Waals surface area contributed by atoms with Crippen molar-refractivity contribution < 1.29 is 4.52 Å². The van der Waals surface area contributed by atoms with E-state index in [1.54, 1.807) is 11.3 Å². The number of hydrogen-bond acceptors (Lipinski definition) is 5. The van der Waals surface area contributed by atoms with Crippen molar-refractivity contribution in [1.82, 2.24) is 10.1 Å². The van der Waals surface area contributed by atoms with Crippen LogP contribution >= 0.6 is 27.3 Å². The number of halogens is 1. The van der Waals surface area contributed by atoms with Gasteiger partial charge in [0.15, 0.2) is 0 Å². The third kappa shape index (κ3) is 2.82. The molecular weight excluding hydrogens is 338 g/mol. The van der Waals surface area contributed by atoms with Gasteiger partial charge in [0.1, 0.15) is 0 Å². The SMILES string of the molecule is NCCc1cccc(-c2nc(-c3ccc(Br)s3)no2)c1. The molecule has 0 saturated carbocycles. The summed E-state index contributed by atoms with van der Waals surface area (Å²) in [6.07, 6.45) is 0.840. The monoisotopic (exact) mass is 349 g/mol. The van der Waals surface area contributed by atoms with Gasteiger partial charge in [-0.15, -0.1) is 11.3 Å². The Morgan fingerprint density at radius 3 is 2.90 bits per heavy atom. The summed E-state index contributed by atoms with van der Waals surface area (Å²) < 4.78 is 6.39. The van der Waals surface area contributed by atoms with E-state index in [9.17, 15) is 0 Å². The second-order valence-corrected chi connectivity index (χ2v) is 6.73. The lowest BCUT2D eigenvalue weighted by Crippen LogP contribution is -2.02. The molecule has 0 spiro atoms. The van der Waals surface area contributed by atoms with E-state index in [2.05, 4.69) is 26.1 Å². The molecule has 2 N–H and O–H groups in total. The molecule has 0 fully saturated rings. The fourth-order valence-electron chi connectivity index (χ4n) is 1.90. The molecule has 2 heterocycles. The predicted molar refractivity (Wildman–Crippen MR) is 83.5 cm³/mol. The molecule has 0 bridgehead atoms. The van der Waals surface area contributed by atoms with E-state index in [1.807, 2.05) is 36.4 Å². The third-order valence-electron chi connectivity index (χ3n) is 2.83. The maximum absolute atomic E-state index is 5.58. The number of hydrogen-bond donors (Lipinski definition) is 1. The van der Waals surface area contributed by atoms with Crippen molar-refractivity contribution in [2.75, 3.05) is 6.54 Å². The van der Waals surface area contributed by atoms with Crippen molar-refractivity contribution in [2.45, 2.75) is 6.42 Å². The van der Waals surface area contributed by atoms with E-state index in [0.29, 0.717) is 18.3 Å². The molecule has 0 saturated heterocycles. The van der Waals surface area contributed by atoms with E-state index in [1.165, 1.54) is 5.56 Å². The summed E-state index contributed by atoms with van der Waals surface area (Å²) in [6.45, 7) is 0.627. The zero-order chi connectivity index (χ0) is 13.9. The molecule has 3 rings (SSSR count). The van der Waals surface area contributed by atoms with Gasteiger partial charge in [-0.25, -0.2) is 0 Å². The van der Waals surface area contributed by atoms with E-state index >= 15 is 0 Å². The third-order valence-corrected chi connectivity index (χ3v) is 4.45. The second-order valence-electron chi connectivity index (χ2n) is 4.27. The van der Waals surface area contributed by atoms with Gasteiger partial charge in [-0.3, -0.25) is 0 Å². The summed E-state index contributed by atoms with van der Waals surface area (Å²) in [5.74, 6) is 1.14. The Labute approximate surface area is 128 Å². The Morgan fingerprint density at radius 1 is 1.25 bits per heavy atom. The summed E-state index contributed by atoms with van der Waals surface area (Å²) in [7, 11) is 0. The van der Waals surface area contributed by atoms with Crippen LogP contribution in [-0.4, -0.2) is 16.7 Å². The molecule has 0 aliphatic rings. The van der Waals surface area contributed by atoms with Gasteiger partial charge in [0.25, 0.3) is 5.89 Å². The van der Waals surface area contributed by atoms with Crippen LogP contribution in [0, 0.1) is 0 Å². The smallest absolute Gasteiger partial charge is 0.258 e. The summed E-state index contributed by atoms with van der Waals surface area (Å²) in [5.41, 5.74) is 7.67. The van der Waals surface area contributed by atoms with Crippen LogP contribution in [0.15, 0.2) is 44.7 Å². The van der Waals surface area contributed by atoms with Gasteiger partial charge in [0.05, 0.1) is 8.66 Å². The van der Waals surface area contributed by atoms with Crippen molar-refractivity contribution >= 4 is 27.3 Å². The predicted octanol–water partition coefficient (Wildman–Crippen LogP) is 3.73. The van der Waals surface area contributed by atoms with Gasteiger partial charge < -0.3 is 10.3 Å². The molecule has 0 aliphatic carbocycles. The first-order valence-electron chi connectivity index (χ1n) is 6.15. The van der Waals surface area contributed by atoms with Crippen molar-refractivity contribution in [3.8, 4) is 22.2 Å². The van der Waals surface area contributed by atoms with Crippen LogP contribution in [0.5, 0.6) is 0 Å². The van der Waals surface area contributed by atoms with E-state index in [0.717, 1.165) is 20.6 Å². The summed E-state index contributed by atoms with van der Waals surface area (Å²) in [4.78, 5) is 5.42. The Balaban J connectivity index is 1.91. The van der Waals surface area contributed by atoms with Crippen molar-refractivity contribution in [2.24, 2.45) is 5.73 Å². The maximum atomic E-state index is 5.58. The lowest BCUT2D eigenvalue weighted by Gasteiger charge is -1.99. The van der Waals surface area contributed by atoms with E-state index in [4.69, 9.17) is 10.3 Å². The molecule has 3 aromatic rings. The first-order valence-corrected chi connectivity index (χ1v) is 7.76. The number of aromatic nitrogens is 2. The lowest BCUT2D eigenvalue weighted by atomic mass is 10.1. The van der Waals surface area contributed by atoms with Gasteiger partial charge >= 0.3 is 0 Å². The zero-order valence-electron chi connectivity index (χ0n) is 10.5.